The Bertz CT molecular complexity index is 576. The lowest BCUT2D eigenvalue weighted by Gasteiger charge is -2.38. The Kier molecular flexibility index (Phi) is 3.47. The Morgan fingerprint density at radius 2 is 2.10 bits per heavy atom. The average Bonchev–Trinajstić information content (AvgIpc) is 3.19. The van der Waals surface area contributed by atoms with Gasteiger partial charge in [0.2, 0.25) is 11.8 Å². The average molecular weight is 290 g/mol. The maximum atomic E-state index is 12.5. The molecule has 0 spiro atoms. The molecule has 2 aliphatic rings. The molecule has 1 saturated carbocycles. The van der Waals surface area contributed by atoms with Gasteiger partial charge in [-0.05, 0) is 45.6 Å². The zero-order chi connectivity index (χ0) is 15.1. The first-order valence-electron chi connectivity index (χ1n) is 7.65. The molecule has 0 aromatic carbocycles. The predicted octanol–water partition coefficient (Wildman–Crippen LogP) is 0.837. The minimum Gasteiger partial charge on any atom is -0.343 e. The number of nitrogens with one attached hydrogen (secondary N) is 1. The summed E-state index contributed by atoms with van der Waals surface area (Å²) in [5.41, 5.74) is 1.94. The maximum Gasteiger partial charge on any atom is 0.245 e. The van der Waals surface area contributed by atoms with Crippen LogP contribution in [-0.4, -0.2) is 38.6 Å². The van der Waals surface area contributed by atoms with E-state index < -0.39 is 6.04 Å². The summed E-state index contributed by atoms with van der Waals surface area (Å²) in [7, 11) is 0. The zero-order valence-corrected chi connectivity index (χ0v) is 12.8. The lowest BCUT2D eigenvalue weighted by molar-refractivity contribution is -0.150. The third-order valence-electron chi connectivity index (χ3n) is 4.30. The first kappa shape index (κ1) is 14.1. The van der Waals surface area contributed by atoms with Gasteiger partial charge in [0.25, 0.3) is 0 Å². The standard InChI is InChI=1S/C15H22N4O2/c1-4-19-12(7-9(2)17-19)8-18-13(11-5-6-11)14(20)16-10(3)15(18)21/h7,10-11,13H,4-6,8H2,1-3H3,(H,16,20). The molecule has 2 unspecified atom stereocenters. The minimum atomic E-state index is -0.438. The van der Waals surface area contributed by atoms with Crippen LogP contribution in [0.3, 0.4) is 0 Å². The second-order valence-corrected chi connectivity index (χ2v) is 6.07. The van der Waals surface area contributed by atoms with E-state index in [0.717, 1.165) is 30.8 Å². The Balaban J connectivity index is 1.88. The van der Waals surface area contributed by atoms with E-state index in [1.807, 2.05) is 24.6 Å². The number of rotatable bonds is 4. The number of amides is 2. The fraction of sp³-hybridized carbons (Fsp3) is 0.667. The van der Waals surface area contributed by atoms with E-state index in [-0.39, 0.29) is 17.9 Å². The van der Waals surface area contributed by atoms with Gasteiger partial charge in [-0.2, -0.15) is 5.10 Å². The van der Waals surface area contributed by atoms with Gasteiger partial charge in [0.15, 0.2) is 0 Å². The number of piperazine rings is 1. The molecule has 0 radical (unpaired) electrons. The lowest BCUT2D eigenvalue weighted by atomic mass is 10.0. The smallest absolute Gasteiger partial charge is 0.245 e. The number of aromatic nitrogens is 2. The normalized spacial score (nSPS) is 26.1. The largest absolute Gasteiger partial charge is 0.343 e. The van der Waals surface area contributed by atoms with Crippen molar-refractivity contribution < 1.29 is 9.59 Å². The van der Waals surface area contributed by atoms with Crippen LogP contribution in [0.15, 0.2) is 6.07 Å². The number of carbonyl (C=O) groups is 2. The van der Waals surface area contributed by atoms with Crippen molar-refractivity contribution in [2.24, 2.45) is 5.92 Å². The Hall–Kier alpha value is -1.85. The van der Waals surface area contributed by atoms with E-state index in [0.29, 0.717) is 12.5 Å². The molecule has 1 aliphatic carbocycles. The molecule has 3 rings (SSSR count). The summed E-state index contributed by atoms with van der Waals surface area (Å²) in [5, 5.41) is 7.22. The number of hydrogen-bond donors (Lipinski definition) is 1. The van der Waals surface area contributed by atoms with Gasteiger partial charge < -0.3 is 10.2 Å². The Morgan fingerprint density at radius 3 is 2.71 bits per heavy atom. The van der Waals surface area contributed by atoms with Crippen molar-refractivity contribution in [2.75, 3.05) is 0 Å². The van der Waals surface area contributed by atoms with Crippen LogP contribution in [0.5, 0.6) is 0 Å². The summed E-state index contributed by atoms with van der Waals surface area (Å²) >= 11 is 0. The number of hydrogen-bond acceptors (Lipinski definition) is 3. The quantitative estimate of drug-likeness (QED) is 0.893. The van der Waals surface area contributed by atoms with E-state index in [1.54, 1.807) is 11.8 Å². The molecular formula is C15H22N4O2. The van der Waals surface area contributed by atoms with Gasteiger partial charge in [0, 0.05) is 6.54 Å². The maximum absolute atomic E-state index is 12.5. The molecule has 2 heterocycles. The molecule has 1 saturated heterocycles. The first-order valence-corrected chi connectivity index (χ1v) is 7.65. The monoisotopic (exact) mass is 290 g/mol. The second kappa shape index (κ2) is 5.16. The summed E-state index contributed by atoms with van der Waals surface area (Å²) in [6, 6.07) is 1.25. The van der Waals surface area contributed by atoms with Gasteiger partial charge >= 0.3 is 0 Å². The highest BCUT2D eigenvalue weighted by Crippen LogP contribution is 2.37. The third kappa shape index (κ3) is 2.54. The molecule has 1 aromatic rings. The molecular weight excluding hydrogens is 268 g/mol. The van der Waals surface area contributed by atoms with Gasteiger partial charge in [-0.15, -0.1) is 0 Å². The summed E-state index contributed by atoms with van der Waals surface area (Å²) < 4.78 is 1.91. The van der Waals surface area contributed by atoms with E-state index in [9.17, 15) is 9.59 Å². The highest BCUT2D eigenvalue weighted by Gasteiger charge is 2.46. The lowest BCUT2D eigenvalue weighted by Crippen LogP contribution is -2.62. The second-order valence-electron chi connectivity index (χ2n) is 6.07. The van der Waals surface area contributed by atoms with Gasteiger partial charge in [-0.1, -0.05) is 0 Å². The molecule has 2 atom stereocenters. The van der Waals surface area contributed by atoms with Crippen molar-refractivity contribution in [3.8, 4) is 0 Å². The van der Waals surface area contributed by atoms with Gasteiger partial charge in [-0.3, -0.25) is 14.3 Å². The molecule has 1 aromatic heterocycles. The van der Waals surface area contributed by atoms with Crippen LogP contribution >= 0.6 is 0 Å². The van der Waals surface area contributed by atoms with E-state index >= 15 is 0 Å². The van der Waals surface area contributed by atoms with Crippen LogP contribution in [0, 0.1) is 12.8 Å². The molecule has 2 amide bonds. The van der Waals surface area contributed by atoms with Crippen LogP contribution < -0.4 is 5.32 Å². The highest BCUT2D eigenvalue weighted by atomic mass is 16.2. The summed E-state index contributed by atoms with van der Waals surface area (Å²) in [4.78, 5) is 26.5. The van der Waals surface area contributed by atoms with Crippen LogP contribution in [0.2, 0.25) is 0 Å². The summed E-state index contributed by atoms with van der Waals surface area (Å²) in [5.74, 6) is 0.317. The van der Waals surface area contributed by atoms with Crippen molar-refractivity contribution in [1.29, 1.82) is 0 Å². The topological polar surface area (TPSA) is 67.2 Å². The van der Waals surface area contributed by atoms with Crippen LogP contribution in [-0.2, 0) is 22.7 Å². The van der Waals surface area contributed by atoms with Gasteiger partial charge in [0.05, 0.1) is 17.9 Å². The number of aryl methyl sites for hydroxylation is 2. The van der Waals surface area contributed by atoms with Crippen LogP contribution in [0.1, 0.15) is 38.1 Å². The molecule has 6 nitrogen and oxygen atoms in total. The molecule has 6 heteroatoms. The van der Waals surface area contributed by atoms with Crippen molar-refractivity contribution in [1.82, 2.24) is 20.0 Å². The van der Waals surface area contributed by atoms with E-state index in [2.05, 4.69) is 10.4 Å². The summed E-state index contributed by atoms with van der Waals surface area (Å²) in [6.45, 7) is 6.95. The number of nitrogens with zero attached hydrogens (tertiary/aromatic N) is 3. The van der Waals surface area contributed by atoms with Crippen LogP contribution in [0.25, 0.3) is 0 Å². The molecule has 21 heavy (non-hydrogen) atoms. The number of carbonyl (C=O) groups excluding carboxylic acids is 2. The van der Waals surface area contributed by atoms with Crippen molar-refractivity contribution in [3.05, 3.63) is 17.5 Å². The Labute approximate surface area is 124 Å². The van der Waals surface area contributed by atoms with E-state index in [1.165, 1.54) is 0 Å². The summed E-state index contributed by atoms with van der Waals surface area (Å²) in [6.07, 6.45) is 2.06. The van der Waals surface area contributed by atoms with Crippen molar-refractivity contribution in [2.45, 2.75) is 58.8 Å². The molecule has 2 fully saturated rings. The minimum absolute atomic E-state index is 0.00741. The first-order chi connectivity index (χ1) is 10.0. The van der Waals surface area contributed by atoms with Crippen molar-refractivity contribution >= 4 is 11.8 Å². The third-order valence-corrected chi connectivity index (χ3v) is 4.30. The molecule has 0 bridgehead atoms. The highest BCUT2D eigenvalue weighted by molar-refractivity contribution is 5.97. The van der Waals surface area contributed by atoms with Crippen LogP contribution in [0.4, 0.5) is 0 Å². The molecule has 114 valence electrons. The van der Waals surface area contributed by atoms with E-state index in [4.69, 9.17) is 0 Å². The van der Waals surface area contributed by atoms with Gasteiger partial charge in [-0.25, -0.2) is 0 Å². The fourth-order valence-electron chi connectivity index (χ4n) is 3.12. The SMILES string of the molecule is CCn1nc(C)cc1CN1C(=O)C(C)NC(=O)C1C1CC1. The fourth-order valence-corrected chi connectivity index (χ4v) is 3.12. The van der Waals surface area contributed by atoms with Crippen molar-refractivity contribution in [3.63, 3.8) is 0 Å². The molecule has 1 aliphatic heterocycles. The zero-order valence-electron chi connectivity index (χ0n) is 12.8. The molecule has 1 N–H and O–H groups in total. The van der Waals surface area contributed by atoms with Gasteiger partial charge in [0.1, 0.15) is 12.1 Å². The predicted molar refractivity (Wildman–Crippen MR) is 77.3 cm³/mol. The Morgan fingerprint density at radius 1 is 1.38 bits per heavy atom.